The molecule has 0 amide bonds. The third-order valence-corrected chi connectivity index (χ3v) is 2.64. The number of carbonyl (C=O) groups is 3. The zero-order chi connectivity index (χ0) is 13.8. The number of esters is 3. The number of cyclic esters (lactones) is 2. The fourth-order valence-corrected chi connectivity index (χ4v) is 1.66. The lowest BCUT2D eigenvalue weighted by atomic mass is 10.1. The summed E-state index contributed by atoms with van der Waals surface area (Å²) in [6, 6.07) is 4.52. The Bertz CT molecular complexity index is 534. The Morgan fingerprint density at radius 1 is 1.21 bits per heavy atom. The van der Waals surface area contributed by atoms with Crippen LogP contribution in [0.4, 0.5) is 0 Å². The van der Waals surface area contributed by atoms with Gasteiger partial charge >= 0.3 is 17.9 Å². The molecule has 6 heteroatoms. The molecule has 100 valence electrons. The van der Waals surface area contributed by atoms with Crippen molar-refractivity contribution in [2.24, 2.45) is 0 Å². The van der Waals surface area contributed by atoms with Gasteiger partial charge in [0.2, 0.25) is 0 Å². The van der Waals surface area contributed by atoms with Crippen molar-refractivity contribution in [1.82, 2.24) is 0 Å². The number of hydrogen-bond donors (Lipinski definition) is 0. The molecule has 1 aliphatic heterocycles. The summed E-state index contributed by atoms with van der Waals surface area (Å²) in [7, 11) is 1.33. The number of ether oxygens (including phenoxy) is 3. The molecule has 1 heterocycles. The summed E-state index contributed by atoms with van der Waals surface area (Å²) in [5.74, 6) is -1.15. The smallest absolute Gasteiger partial charge is 0.347 e. The van der Waals surface area contributed by atoms with Crippen LogP contribution in [-0.2, 0) is 14.3 Å². The van der Waals surface area contributed by atoms with E-state index in [0.29, 0.717) is 18.8 Å². The summed E-state index contributed by atoms with van der Waals surface area (Å²) in [6.07, 6.45) is 0.773. The first-order valence-electron chi connectivity index (χ1n) is 5.72. The predicted octanol–water partition coefficient (Wildman–Crippen LogP) is 1.33. The van der Waals surface area contributed by atoms with Gasteiger partial charge < -0.3 is 14.2 Å². The average molecular weight is 264 g/mol. The van der Waals surface area contributed by atoms with E-state index in [-0.39, 0.29) is 23.5 Å². The molecular weight excluding hydrogens is 252 g/mol. The lowest BCUT2D eigenvalue weighted by molar-refractivity contribution is -0.140. The zero-order valence-electron chi connectivity index (χ0n) is 10.3. The molecule has 0 saturated heterocycles. The molecule has 0 fully saturated rings. The van der Waals surface area contributed by atoms with Crippen LogP contribution < -0.4 is 4.74 Å². The Balaban J connectivity index is 1.93. The van der Waals surface area contributed by atoms with Gasteiger partial charge in [0.1, 0.15) is 5.75 Å². The van der Waals surface area contributed by atoms with Crippen LogP contribution in [0.1, 0.15) is 33.6 Å². The lowest BCUT2D eigenvalue weighted by Crippen LogP contribution is -2.05. The molecule has 1 aliphatic rings. The lowest BCUT2D eigenvalue weighted by Gasteiger charge is -2.06. The molecule has 0 bridgehead atoms. The SMILES string of the molecule is COC(=O)CCCOc1ccc2c(c1)C(=O)OC2=O. The monoisotopic (exact) mass is 264 g/mol. The van der Waals surface area contributed by atoms with Crippen molar-refractivity contribution >= 4 is 17.9 Å². The van der Waals surface area contributed by atoms with E-state index < -0.39 is 11.9 Å². The van der Waals surface area contributed by atoms with Crippen molar-refractivity contribution in [3.8, 4) is 5.75 Å². The molecule has 0 spiro atoms. The van der Waals surface area contributed by atoms with Crippen molar-refractivity contribution < 1.29 is 28.6 Å². The van der Waals surface area contributed by atoms with Crippen LogP contribution in [0.25, 0.3) is 0 Å². The second-order valence-corrected chi connectivity index (χ2v) is 3.91. The summed E-state index contributed by atoms with van der Waals surface area (Å²) >= 11 is 0. The van der Waals surface area contributed by atoms with Crippen molar-refractivity contribution in [2.45, 2.75) is 12.8 Å². The van der Waals surface area contributed by atoms with Gasteiger partial charge in [0.05, 0.1) is 24.8 Å². The predicted molar refractivity (Wildman–Crippen MR) is 62.9 cm³/mol. The molecule has 0 saturated carbocycles. The molecule has 6 nitrogen and oxygen atoms in total. The maximum atomic E-state index is 11.3. The minimum atomic E-state index is -0.667. The first-order valence-corrected chi connectivity index (χ1v) is 5.72. The van der Waals surface area contributed by atoms with E-state index in [2.05, 4.69) is 9.47 Å². The first kappa shape index (κ1) is 13.1. The quantitative estimate of drug-likeness (QED) is 0.453. The van der Waals surface area contributed by atoms with Gasteiger partial charge in [0.25, 0.3) is 0 Å². The standard InChI is InChI=1S/C13H12O6/c1-17-11(14)3-2-6-18-8-4-5-9-10(7-8)13(16)19-12(9)15/h4-5,7H,2-3,6H2,1H3. The van der Waals surface area contributed by atoms with Gasteiger partial charge in [-0.25, -0.2) is 9.59 Å². The third-order valence-electron chi connectivity index (χ3n) is 2.64. The highest BCUT2D eigenvalue weighted by molar-refractivity contribution is 6.14. The van der Waals surface area contributed by atoms with Crippen molar-refractivity contribution in [1.29, 1.82) is 0 Å². The topological polar surface area (TPSA) is 78.9 Å². The number of carbonyl (C=O) groups excluding carboxylic acids is 3. The summed E-state index contributed by atoms with van der Waals surface area (Å²) in [5.41, 5.74) is 0.447. The van der Waals surface area contributed by atoms with E-state index in [9.17, 15) is 14.4 Å². The fraction of sp³-hybridized carbons (Fsp3) is 0.308. The highest BCUT2D eigenvalue weighted by atomic mass is 16.6. The van der Waals surface area contributed by atoms with Crippen LogP contribution in [0.5, 0.6) is 5.75 Å². The maximum absolute atomic E-state index is 11.3. The van der Waals surface area contributed by atoms with Crippen molar-refractivity contribution in [3.63, 3.8) is 0 Å². The van der Waals surface area contributed by atoms with Crippen molar-refractivity contribution in [2.75, 3.05) is 13.7 Å². The van der Waals surface area contributed by atoms with Crippen LogP contribution in [0.3, 0.4) is 0 Å². The van der Waals surface area contributed by atoms with E-state index in [4.69, 9.17) is 4.74 Å². The Labute approximate surface area is 109 Å². The molecule has 0 aromatic heterocycles. The van der Waals surface area contributed by atoms with Gasteiger partial charge in [-0.15, -0.1) is 0 Å². The first-order chi connectivity index (χ1) is 9.11. The Morgan fingerprint density at radius 2 is 1.95 bits per heavy atom. The fourth-order valence-electron chi connectivity index (χ4n) is 1.66. The summed E-state index contributed by atoms with van der Waals surface area (Å²) < 4.78 is 14.3. The molecule has 0 N–H and O–H groups in total. The van der Waals surface area contributed by atoms with E-state index in [0.717, 1.165) is 0 Å². The normalized spacial score (nSPS) is 12.9. The Morgan fingerprint density at radius 3 is 2.68 bits per heavy atom. The second-order valence-electron chi connectivity index (χ2n) is 3.91. The van der Waals surface area contributed by atoms with E-state index in [1.165, 1.54) is 19.2 Å². The molecule has 0 aliphatic carbocycles. The highest BCUT2D eigenvalue weighted by Gasteiger charge is 2.29. The molecule has 0 unspecified atom stereocenters. The van der Waals surface area contributed by atoms with Crippen LogP contribution in [0.15, 0.2) is 18.2 Å². The van der Waals surface area contributed by atoms with Gasteiger partial charge in [0, 0.05) is 6.42 Å². The number of rotatable bonds is 5. The van der Waals surface area contributed by atoms with Gasteiger partial charge in [-0.2, -0.15) is 0 Å². The van der Waals surface area contributed by atoms with Gasteiger partial charge in [0.15, 0.2) is 0 Å². The molecule has 0 atom stereocenters. The summed E-state index contributed by atoms with van der Waals surface area (Å²) in [5, 5.41) is 0. The average Bonchev–Trinajstić information content (AvgIpc) is 2.69. The molecule has 1 aromatic carbocycles. The number of hydrogen-bond acceptors (Lipinski definition) is 6. The molecule has 0 radical (unpaired) electrons. The van der Waals surface area contributed by atoms with Crippen molar-refractivity contribution in [3.05, 3.63) is 29.3 Å². The summed E-state index contributed by atoms with van der Waals surface area (Å²) in [4.78, 5) is 33.4. The van der Waals surface area contributed by atoms with Crippen LogP contribution in [0.2, 0.25) is 0 Å². The number of methoxy groups -OCH3 is 1. The molecule has 1 aromatic rings. The Kier molecular flexibility index (Phi) is 3.79. The maximum Gasteiger partial charge on any atom is 0.347 e. The van der Waals surface area contributed by atoms with E-state index in [1.54, 1.807) is 6.07 Å². The van der Waals surface area contributed by atoms with Gasteiger partial charge in [-0.1, -0.05) is 0 Å². The van der Waals surface area contributed by atoms with Gasteiger partial charge in [-0.05, 0) is 24.6 Å². The van der Waals surface area contributed by atoms with Crippen LogP contribution in [-0.4, -0.2) is 31.6 Å². The summed E-state index contributed by atoms with van der Waals surface area (Å²) in [6.45, 7) is 0.316. The van der Waals surface area contributed by atoms with Gasteiger partial charge in [-0.3, -0.25) is 4.79 Å². The highest BCUT2D eigenvalue weighted by Crippen LogP contribution is 2.24. The zero-order valence-corrected chi connectivity index (χ0v) is 10.3. The van der Waals surface area contributed by atoms with Crippen LogP contribution in [0, 0.1) is 0 Å². The molecule has 19 heavy (non-hydrogen) atoms. The molecular formula is C13H12O6. The van der Waals surface area contributed by atoms with E-state index >= 15 is 0 Å². The Hall–Kier alpha value is -2.37. The number of fused-ring (bicyclic) bond motifs is 1. The number of benzene rings is 1. The second kappa shape index (κ2) is 5.51. The minimum absolute atomic E-state index is 0.204. The van der Waals surface area contributed by atoms with Crippen LogP contribution >= 0.6 is 0 Å². The molecule has 2 rings (SSSR count). The largest absolute Gasteiger partial charge is 0.494 e. The third kappa shape index (κ3) is 2.90. The van der Waals surface area contributed by atoms with E-state index in [1.807, 2.05) is 0 Å². The minimum Gasteiger partial charge on any atom is -0.494 e.